The Kier molecular flexibility index (Phi) is 5.64. The fraction of sp³-hybridized carbons (Fsp3) is 0.200. The standard InChI is InChI=1S/C25H20Cl2N4O2/c1-14-3-6-21-19(11-14)22(15(2)31(21)13-17-4-5-18(26)12-20(17)27)23(32)25-30-29-24(33-25)16-7-9-28-10-8-16/h3-12,15,22H,13H2,1-2H3. The van der Waals surface area contributed by atoms with Crippen LogP contribution in [0, 0.1) is 6.92 Å². The van der Waals surface area contributed by atoms with Crippen LogP contribution in [0.1, 0.15) is 40.2 Å². The second-order valence-corrected chi connectivity index (χ2v) is 9.00. The number of pyridine rings is 1. The quantitative estimate of drug-likeness (QED) is 0.321. The maximum absolute atomic E-state index is 13.6. The molecule has 6 nitrogen and oxygen atoms in total. The van der Waals surface area contributed by atoms with Crippen molar-refractivity contribution in [2.75, 3.05) is 4.90 Å². The number of hydrogen-bond donors (Lipinski definition) is 0. The smallest absolute Gasteiger partial charge is 0.285 e. The number of halogens is 2. The maximum Gasteiger partial charge on any atom is 0.285 e. The van der Waals surface area contributed by atoms with Crippen molar-refractivity contribution in [2.45, 2.75) is 32.4 Å². The summed E-state index contributed by atoms with van der Waals surface area (Å²) in [6, 6.07) is 15.0. The number of aryl methyl sites for hydroxylation is 1. The third-order valence-electron chi connectivity index (χ3n) is 6.00. The molecule has 1 aliphatic rings. The summed E-state index contributed by atoms with van der Waals surface area (Å²) >= 11 is 12.5. The van der Waals surface area contributed by atoms with Gasteiger partial charge in [0.2, 0.25) is 11.7 Å². The van der Waals surface area contributed by atoms with E-state index in [-0.39, 0.29) is 17.7 Å². The molecule has 0 amide bonds. The first kappa shape index (κ1) is 21.6. The van der Waals surface area contributed by atoms with Gasteiger partial charge in [0, 0.05) is 46.3 Å². The topological polar surface area (TPSA) is 72.1 Å². The summed E-state index contributed by atoms with van der Waals surface area (Å²) in [7, 11) is 0. The molecule has 5 rings (SSSR count). The van der Waals surface area contributed by atoms with Crippen molar-refractivity contribution >= 4 is 34.7 Å². The van der Waals surface area contributed by atoms with Gasteiger partial charge in [-0.2, -0.15) is 0 Å². The van der Waals surface area contributed by atoms with Gasteiger partial charge in [-0.05, 0) is 55.3 Å². The molecule has 0 radical (unpaired) electrons. The number of benzene rings is 2. The minimum absolute atomic E-state index is 0.00232. The van der Waals surface area contributed by atoms with Crippen molar-refractivity contribution in [2.24, 2.45) is 0 Å². The Bertz CT molecular complexity index is 1340. The lowest BCUT2D eigenvalue weighted by atomic mass is 9.90. The zero-order chi connectivity index (χ0) is 23.1. The number of fused-ring (bicyclic) bond motifs is 1. The van der Waals surface area contributed by atoms with Crippen LogP contribution in [0.3, 0.4) is 0 Å². The lowest BCUT2D eigenvalue weighted by Gasteiger charge is -2.27. The Labute approximate surface area is 201 Å². The third-order valence-corrected chi connectivity index (χ3v) is 6.59. The number of hydrogen-bond acceptors (Lipinski definition) is 6. The van der Waals surface area contributed by atoms with Crippen LogP contribution in [0.15, 0.2) is 65.3 Å². The van der Waals surface area contributed by atoms with E-state index in [4.69, 9.17) is 27.6 Å². The summed E-state index contributed by atoms with van der Waals surface area (Å²) in [5.41, 5.74) is 4.66. The van der Waals surface area contributed by atoms with Gasteiger partial charge >= 0.3 is 0 Å². The predicted octanol–water partition coefficient (Wildman–Crippen LogP) is 6.12. The van der Waals surface area contributed by atoms with Crippen LogP contribution in [-0.2, 0) is 6.54 Å². The van der Waals surface area contributed by atoms with Crippen molar-refractivity contribution in [1.29, 1.82) is 0 Å². The summed E-state index contributed by atoms with van der Waals surface area (Å²) in [4.78, 5) is 19.8. The van der Waals surface area contributed by atoms with E-state index in [9.17, 15) is 4.79 Å². The molecule has 0 bridgehead atoms. The summed E-state index contributed by atoms with van der Waals surface area (Å²) in [6.07, 6.45) is 3.28. The van der Waals surface area contributed by atoms with Crippen LogP contribution in [0.4, 0.5) is 5.69 Å². The number of Topliss-reactive ketones (excluding diaryl/α,β-unsaturated/α-hetero) is 1. The van der Waals surface area contributed by atoms with Gasteiger partial charge in [-0.15, -0.1) is 10.2 Å². The van der Waals surface area contributed by atoms with E-state index in [0.29, 0.717) is 28.0 Å². The minimum Gasteiger partial charge on any atom is -0.414 e. The number of rotatable bonds is 5. The first-order chi connectivity index (χ1) is 15.9. The molecule has 0 N–H and O–H groups in total. The van der Waals surface area contributed by atoms with E-state index in [1.165, 1.54) is 0 Å². The molecule has 2 aromatic heterocycles. The highest BCUT2D eigenvalue weighted by molar-refractivity contribution is 6.35. The van der Waals surface area contributed by atoms with E-state index in [1.54, 1.807) is 30.6 Å². The van der Waals surface area contributed by atoms with Gasteiger partial charge in [-0.3, -0.25) is 9.78 Å². The summed E-state index contributed by atoms with van der Waals surface area (Å²) in [6.45, 7) is 4.59. The van der Waals surface area contributed by atoms with Gasteiger partial charge in [0.05, 0.1) is 5.92 Å². The number of carbonyl (C=O) groups is 1. The molecule has 33 heavy (non-hydrogen) atoms. The maximum atomic E-state index is 13.6. The number of aromatic nitrogens is 3. The van der Waals surface area contributed by atoms with Crippen molar-refractivity contribution in [3.8, 4) is 11.5 Å². The molecule has 1 aliphatic heterocycles. The molecule has 0 fully saturated rings. The summed E-state index contributed by atoms with van der Waals surface area (Å²) in [5.74, 6) is -0.360. The highest BCUT2D eigenvalue weighted by Crippen LogP contribution is 2.44. The fourth-order valence-corrected chi connectivity index (χ4v) is 4.80. The molecule has 0 spiro atoms. The molecule has 4 aromatic rings. The van der Waals surface area contributed by atoms with Crippen molar-refractivity contribution in [1.82, 2.24) is 15.2 Å². The van der Waals surface area contributed by atoms with Crippen molar-refractivity contribution in [3.63, 3.8) is 0 Å². The summed E-state index contributed by atoms with van der Waals surface area (Å²) < 4.78 is 5.77. The number of anilines is 1. The molecule has 0 saturated heterocycles. The second kappa shape index (κ2) is 8.61. The second-order valence-electron chi connectivity index (χ2n) is 8.16. The van der Waals surface area contributed by atoms with Gasteiger partial charge in [-0.1, -0.05) is 47.0 Å². The Morgan fingerprint density at radius 3 is 2.61 bits per heavy atom. The molecular formula is C25H20Cl2N4O2. The Morgan fingerprint density at radius 1 is 1.06 bits per heavy atom. The third kappa shape index (κ3) is 4.01. The zero-order valence-electron chi connectivity index (χ0n) is 18.0. The molecular weight excluding hydrogens is 459 g/mol. The lowest BCUT2D eigenvalue weighted by molar-refractivity contribution is 0.0919. The average molecular weight is 479 g/mol. The molecule has 8 heteroatoms. The van der Waals surface area contributed by atoms with E-state index in [2.05, 4.69) is 32.2 Å². The van der Waals surface area contributed by atoms with E-state index >= 15 is 0 Å². The monoisotopic (exact) mass is 478 g/mol. The average Bonchev–Trinajstić information content (AvgIpc) is 3.39. The van der Waals surface area contributed by atoms with Crippen LogP contribution >= 0.6 is 23.2 Å². The molecule has 0 aliphatic carbocycles. The molecule has 166 valence electrons. The van der Waals surface area contributed by atoms with E-state index in [0.717, 1.165) is 22.4 Å². The molecule has 0 saturated carbocycles. The number of ketones is 1. The van der Waals surface area contributed by atoms with Gasteiger partial charge in [-0.25, -0.2) is 0 Å². The highest BCUT2D eigenvalue weighted by atomic mass is 35.5. The number of nitrogens with zero attached hydrogens (tertiary/aromatic N) is 4. The molecule has 3 heterocycles. The highest BCUT2D eigenvalue weighted by Gasteiger charge is 2.42. The van der Waals surface area contributed by atoms with E-state index < -0.39 is 5.92 Å². The van der Waals surface area contributed by atoms with Crippen molar-refractivity contribution in [3.05, 3.63) is 93.6 Å². The normalized spacial score (nSPS) is 17.3. The minimum atomic E-state index is -0.447. The van der Waals surface area contributed by atoms with Crippen molar-refractivity contribution < 1.29 is 9.21 Å². The first-order valence-electron chi connectivity index (χ1n) is 10.5. The molecule has 2 unspecified atom stereocenters. The predicted molar refractivity (Wildman–Crippen MR) is 128 cm³/mol. The number of carbonyl (C=O) groups excluding carboxylic acids is 1. The van der Waals surface area contributed by atoms with Crippen LogP contribution in [-0.4, -0.2) is 27.0 Å². The zero-order valence-corrected chi connectivity index (χ0v) is 19.5. The molecule has 2 atom stereocenters. The largest absolute Gasteiger partial charge is 0.414 e. The fourth-order valence-electron chi connectivity index (χ4n) is 4.33. The van der Waals surface area contributed by atoms with Gasteiger partial charge in [0.1, 0.15) is 0 Å². The lowest BCUT2D eigenvalue weighted by Crippen LogP contribution is -2.34. The Hall–Kier alpha value is -3.22. The Morgan fingerprint density at radius 2 is 1.85 bits per heavy atom. The van der Waals surface area contributed by atoms with Gasteiger partial charge < -0.3 is 9.32 Å². The Balaban J connectivity index is 1.50. The van der Waals surface area contributed by atoms with Gasteiger partial charge in [0.15, 0.2) is 0 Å². The summed E-state index contributed by atoms with van der Waals surface area (Å²) in [5, 5.41) is 9.32. The van der Waals surface area contributed by atoms with Crippen LogP contribution < -0.4 is 4.90 Å². The molecule has 2 aromatic carbocycles. The van der Waals surface area contributed by atoms with Crippen LogP contribution in [0.2, 0.25) is 10.0 Å². The SMILES string of the molecule is Cc1ccc2c(c1)C(C(=O)c1nnc(-c3ccncc3)o1)C(C)N2Cc1ccc(Cl)cc1Cl. The van der Waals surface area contributed by atoms with Crippen LogP contribution in [0.25, 0.3) is 11.5 Å². The van der Waals surface area contributed by atoms with E-state index in [1.807, 2.05) is 32.0 Å². The van der Waals surface area contributed by atoms with Gasteiger partial charge in [0.25, 0.3) is 5.89 Å². The first-order valence-corrected chi connectivity index (χ1v) is 11.3. The van der Waals surface area contributed by atoms with Crippen LogP contribution in [0.5, 0.6) is 0 Å².